The molecule has 2 atom stereocenters. The Bertz CT molecular complexity index is 1890. The maximum Gasteiger partial charge on any atom is 0.419 e. The van der Waals surface area contributed by atoms with Crippen LogP contribution in [0.15, 0.2) is 54.0 Å². The summed E-state index contributed by atoms with van der Waals surface area (Å²) in [6, 6.07) is 5.45. The highest BCUT2D eigenvalue weighted by molar-refractivity contribution is 6.34. The van der Waals surface area contributed by atoms with Gasteiger partial charge in [0.25, 0.3) is 0 Å². The predicted molar refractivity (Wildman–Crippen MR) is 165 cm³/mol. The third kappa shape index (κ3) is 5.67. The number of fused-ring (bicyclic) bond motifs is 1. The number of carbonyl (C=O) groups excluding carboxylic acids is 1. The van der Waals surface area contributed by atoms with Crippen molar-refractivity contribution >= 4 is 34.4 Å². The van der Waals surface area contributed by atoms with Crippen molar-refractivity contribution in [1.29, 1.82) is 0 Å². The minimum Gasteiger partial charge on any atom is -0.349 e. The highest BCUT2D eigenvalue weighted by Crippen LogP contribution is 2.42. The summed E-state index contributed by atoms with van der Waals surface area (Å²) in [5.41, 5.74) is -1.61. The van der Waals surface area contributed by atoms with Crippen molar-refractivity contribution < 1.29 is 22.4 Å². The SMILES string of the molecule is C=CC(=O)N1C[C@H](C)N(c2nc(=O)n(-c3c(C)ccnc3C(C)C)c3nc(-c4cccc(F)c4C(F)(F)F)c(Cl)cc23)C[C@H]1C. The number of amides is 1. The number of halogens is 5. The second-order valence-corrected chi connectivity index (χ2v) is 11.9. The zero-order chi connectivity index (χ0) is 33.0. The summed E-state index contributed by atoms with van der Waals surface area (Å²) in [5.74, 6) is -1.66. The van der Waals surface area contributed by atoms with Crippen molar-refractivity contribution in [2.75, 3.05) is 18.0 Å². The molecule has 4 aromatic rings. The van der Waals surface area contributed by atoms with E-state index in [0.717, 1.165) is 12.1 Å². The molecule has 1 fully saturated rings. The van der Waals surface area contributed by atoms with Crippen LogP contribution >= 0.6 is 11.6 Å². The van der Waals surface area contributed by atoms with Gasteiger partial charge in [0.2, 0.25) is 5.91 Å². The first-order chi connectivity index (χ1) is 21.1. The monoisotopic (exact) mass is 642 g/mol. The van der Waals surface area contributed by atoms with E-state index >= 15 is 0 Å². The molecule has 0 saturated carbocycles. The minimum absolute atomic E-state index is 0.0239. The van der Waals surface area contributed by atoms with Gasteiger partial charge in [-0.1, -0.05) is 44.2 Å². The van der Waals surface area contributed by atoms with E-state index in [1.165, 1.54) is 16.7 Å². The van der Waals surface area contributed by atoms with Crippen LogP contribution < -0.4 is 10.6 Å². The number of carbonyl (C=O) groups is 1. The van der Waals surface area contributed by atoms with Gasteiger partial charge in [0, 0.05) is 36.9 Å². The number of benzene rings is 1. The average molecular weight is 643 g/mol. The highest BCUT2D eigenvalue weighted by atomic mass is 35.5. The zero-order valence-electron chi connectivity index (χ0n) is 25.3. The number of hydrogen-bond acceptors (Lipinski definition) is 6. The Morgan fingerprint density at radius 3 is 2.49 bits per heavy atom. The lowest BCUT2D eigenvalue weighted by Gasteiger charge is -2.44. The Morgan fingerprint density at radius 2 is 1.84 bits per heavy atom. The van der Waals surface area contributed by atoms with E-state index in [2.05, 4.69) is 21.5 Å². The first kappa shape index (κ1) is 32.1. The molecule has 0 unspecified atom stereocenters. The van der Waals surface area contributed by atoms with E-state index in [4.69, 9.17) is 11.6 Å². The number of pyridine rings is 2. The molecule has 3 aromatic heterocycles. The molecule has 1 saturated heterocycles. The van der Waals surface area contributed by atoms with Crippen LogP contribution in [0, 0.1) is 12.7 Å². The molecule has 4 heterocycles. The predicted octanol–water partition coefficient (Wildman–Crippen LogP) is 6.70. The minimum atomic E-state index is -5.05. The summed E-state index contributed by atoms with van der Waals surface area (Å²) < 4.78 is 58.3. The molecule has 1 aliphatic rings. The largest absolute Gasteiger partial charge is 0.419 e. The van der Waals surface area contributed by atoms with Gasteiger partial charge in [-0.05, 0) is 56.5 Å². The Balaban J connectivity index is 1.87. The van der Waals surface area contributed by atoms with Crippen molar-refractivity contribution in [1.82, 2.24) is 24.4 Å². The van der Waals surface area contributed by atoms with Crippen LogP contribution in [0.25, 0.3) is 28.0 Å². The van der Waals surface area contributed by atoms with Crippen molar-refractivity contribution in [2.45, 2.75) is 58.8 Å². The number of nitrogens with zero attached hydrogens (tertiary/aromatic N) is 6. The molecule has 8 nitrogen and oxygen atoms in total. The topological polar surface area (TPSA) is 84.2 Å². The average Bonchev–Trinajstić information content (AvgIpc) is 2.96. The number of alkyl halides is 3. The van der Waals surface area contributed by atoms with Crippen LogP contribution in [-0.4, -0.2) is 55.5 Å². The lowest BCUT2D eigenvalue weighted by Crippen LogP contribution is -2.58. The lowest BCUT2D eigenvalue weighted by molar-refractivity contribution is -0.139. The highest BCUT2D eigenvalue weighted by Gasteiger charge is 2.39. The maximum absolute atomic E-state index is 14.7. The molecule has 0 spiro atoms. The number of rotatable bonds is 5. The zero-order valence-corrected chi connectivity index (χ0v) is 26.0. The van der Waals surface area contributed by atoms with E-state index < -0.39 is 28.8 Å². The molecular formula is C32H31ClF4N6O2. The second kappa shape index (κ2) is 11.9. The molecule has 45 heavy (non-hydrogen) atoms. The lowest BCUT2D eigenvalue weighted by atomic mass is 10.0. The standard InChI is InChI=1S/C32H31ClF4N6O2/c1-7-24(44)41-14-19(6)42(15-18(41)5)29-21-13-22(33)27(20-9-8-10-23(34)25(20)32(35,36)37)39-30(21)43(31(45)40-29)28-17(4)11-12-38-26(28)16(2)3/h7-13,16,18-19H,1,14-15H2,2-6H3/t18-,19+/m1/s1. The molecule has 1 amide bonds. The van der Waals surface area contributed by atoms with Crippen LogP contribution in [-0.2, 0) is 11.0 Å². The smallest absolute Gasteiger partial charge is 0.349 e. The fraction of sp³-hybridized carbons (Fsp3) is 0.344. The van der Waals surface area contributed by atoms with E-state index in [1.54, 1.807) is 24.1 Å². The first-order valence-electron chi connectivity index (χ1n) is 14.3. The quantitative estimate of drug-likeness (QED) is 0.178. The van der Waals surface area contributed by atoms with Gasteiger partial charge < -0.3 is 9.80 Å². The molecule has 0 aliphatic carbocycles. The maximum atomic E-state index is 14.7. The van der Waals surface area contributed by atoms with Crippen LogP contribution in [0.2, 0.25) is 5.02 Å². The van der Waals surface area contributed by atoms with Crippen molar-refractivity contribution in [3.63, 3.8) is 0 Å². The van der Waals surface area contributed by atoms with Gasteiger partial charge in [0.05, 0.1) is 27.5 Å². The van der Waals surface area contributed by atoms with Crippen molar-refractivity contribution in [3.8, 4) is 16.9 Å². The number of aromatic nitrogens is 4. The summed E-state index contributed by atoms with van der Waals surface area (Å²) in [7, 11) is 0. The number of hydrogen-bond donors (Lipinski definition) is 0. The van der Waals surface area contributed by atoms with Gasteiger partial charge in [-0.25, -0.2) is 18.7 Å². The van der Waals surface area contributed by atoms with Crippen LogP contribution in [0.1, 0.15) is 50.4 Å². The summed E-state index contributed by atoms with van der Waals surface area (Å²) in [4.78, 5) is 43.6. The van der Waals surface area contributed by atoms with Gasteiger partial charge in [-0.2, -0.15) is 18.2 Å². The fourth-order valence-corrected chi connectivity index (χ4v) is 6.11. The Kier molecular flexibility index (Phi) is 8.47. The summed E-state index contributed by atoms with van der Waals surface area (Å²) in [6.45, 7) is 13.4. The second-order valence-electron chi connectivity index (χ2n) is 11.5. The van der Waals surface area contributed by atoms with Gasteiger partial charge >= 0.3 is 11.9 Å². The number of aryl methyl sites for hydroxylation is 1. The van der Waals surface area contributed by atoms with Gasteiger partial charge in [-0.3, -0.25) is 9.78 Å². The van der Waals surface area contributed by atoms with Crippen LogP contribution in [0.5, 0.6) is 0 Å². The molecule has 0 N–H and O–H groups in total. The van der Waals surface area contributed by atoms with Gasteiger partial charge in [0.1, 0.15) is 17.2 Å². The Morgan fingerprint density at radius 1 is 1.13 bits per heavy atom. The molecule has 13 heteroatoms. The van der Waals surface area contributed by atoms with Gasteiger partial charge in [0.15, 0.2) is 5.65 Å². The van der Waals surface area contributed by atoms with Crippen molar-refractivity contribution in [3.05, 3.63) is 87.3 Å². The Hall–Kier alpha value is -4.32. The first-order valence-corrected chi connectivity index (χ1v) is 14.7. The number of anilines is 1. The van der Waals surface area contributed by atoms with E-state index in [-0.39, 0.29) is 58.0 Å². The van der Waals surface area contributed by atoms with E-state index in [0.29, 0.717) is 29.6 Å². The van der Waals surface area contributed by atoms with Gasteiger partial charge in [-0.15, -0.1) is 0 Å². The third-order valence-corrected chi connectivity index (χ3v) is 8.28. The fourth-order valence-electron chi connectivity index (χ4n) is 5.86. The molecule has 1 aliphatic heterocycles. The molecule has 0 radical (unpaired) electrons. The molecular weight excluding hydrogens is 612 g/mol. The summed E-state index contributed by atoms with van der Waals surface area (Å²) in [6.07, 6.45) is -2.21. The van der Waals surface area contributed by atoms with E-state index in [1.807, 2.05) is 32.6 Å². The number of piperazine rings is 1. The molecule has 236 valence electrons. The molecule has 5 rings (SSSR count). The third-order valence-electron chi connectivity index (χ3n) is 7.99. The summed E-state index contributed by atoms with van der Waals surface area (Å²) >= 11 is 6.66. The Labute approximate surface area is 262 Å². The molecule has 0 bridgehead atoms. The van der Waals surface area contributed by atoms with Crippen LogP contribution in [0.4, 0.5) is 23.4 Å². The molecule has 1 aromatic carbocycles. The van der Waals surface area contributed by atoms with Crippen LogP contribution in [0.3, 0.4) is 0 Å². The summed E-state index contributed by atoms with van der Waals surface area (Å²) in [5, 5.41) is 0.0915. The normalized spacial score (nSPS) is 17.3. The van der Waals surface area contributed by atoms with Crippen molar-refractivity contribution in [2.24, 2.45) is 0 Å². The van der Waals surface area contributed by atoms with E-state index in [9.17, 15) is 27.2 Å².